The molecule has 1 saturated heterocycles. The van der Waals surface area contributed by atoms with Crippen molar-refractivity contribution in [1.29, 1.82) is 0 Å². The molecule has 1 amide bonds. The summed E-state index contributed by atoms with van der Waals surface area (Å²) in [6.45, 7) is 6.39. The predicted octanol–water partition coefficient (Wildman–Crippen LogP) is 0.366. The van der Waals surface area contributed by atoms with E-state index >= 15 is 0 Å². The van der Waals surface area contributed by atoms with Gasteiger partial charge in [-0.1, -0.05) is 12.1 Å². The fourth-order valence-corrected chi connectivity index (χ4v) is 3.52. The first-order chi connectivity index (χ1) is 15.2. The number of benzene rings is 1. The number of nitrogens with one attached hydrogen (secondary N) is 3. The van der Waals surface area contributed by atoms with Crippen LogP contribution in [0.3, 0.4) is 0 Å². The second kappa shape index (κ2) is 11.8. The largest absolute Gasteiger partial charge is 0.356 e. The van der Waals surface area contributed by atoms with E-state index in [1.165, 1.54) is 0 Å². The lowest BCUT2D eigenvalue weighted by Crippen LogP contribution is -2.49. The maximum absolute atomic E-state index is 11.8. The molecule has 0 atom stereocenters. The summed E-state index contributed by atoms with van der Waals surface area (Å²) in [6.07, 6.45) is 4.39. The smallest absolute Gasteiger partial charge is 0.251 e. The number of aliphatic imine (C=N–C) groups is 1. The molecule has 2 heterocycles. The van der Waals surface area contributed by atoms with Gasteiger partial charge in [-0.3, -0.25) is 14.7 Å². The van der Waals surface area contributed by atoms with Crippen LogP contribution in [0.4, 0.5) is 5.95 Å². The Bertz CT molecular complexity index is 850. The fourth-order valence-electron chi connectivity index (χ4n) is 3.52. The first-order valence-electron chi connectivity index (χ1n) is 10.7. The van der Waals surface area contributed by atoms with Crippen molar-refractivity contribution in [3.63, 3.8) is 0 Å². The van der Waals surface area contributed by atoms with E-state index in [-0.39, 0.29) is 5.91 Å². The number of carbonyl (C=O) groups is 1. The van der Waals surface area contributed by atoms with Crippen molar-refractivity contribution in [2.45, 2.75) is 6.42 Å². The number of aromatic nitrogens is 2. The van der Waals surface area contributed by atoms with Crippen LogP contribution in [0.2, 0.25) is 0 Å². The highest BCUT2D eigenvalue weighted by atomic mass is 16.1. The number of amides is 1. The summed E-state index contributed by atoms with van der Waals surface area (Å²) in [5.41, 5.74) is 1.80. The molecule has 0 radical (unpaired) electrons. The zero-order valence-electron chi connectivity index (χ0n) is 18.3. The zero-order valence-corrected chi connectivity index (χ0v) is 18.3. The monoisotopic (exact) mass is 424 g/mol. The summed E-state index contributed by atoms with van der Waals surface area (Å²) >= 11 is 0. The van der Waals surface area contributed by atoms with Gasteiger partial charge >= 0.3 is 0 Å². The highest BCUT2D eigenvalue weighted by molar-refractivity contribution is 5.94. The summed E-state index contributed by atoms with van der Waals surface area (Å²) in [5.74, 6) is 1.54. The average Bonchev–Trinajstić information content (AvgIpc) is 2.83. The van der Waals surface area contributed by atoms with Gasteiger partial charge in [-0.25, -0.2) is 9.97 Å². The molecule has 1 aromatic heterocycles. The quantitative estimate of drug-likeness (QED) is 0.416. The van der Waals surface area contributed by atoms with Crippen molar-refractivity contribution in [2.75, 3.05) is 64.8 Å². The van der Waals surface area contributed by atoms with Gasteiger partial charge in [-0.15, -0.1) is 0 Å². The molecule has 1 aliphatic heterocycles. The third kappa shape index (κ3) is 6.92. The van der Waals surface area contributed by atoms with Crippen molar-refractivity contribution in [2.24, 2.45) is 4.99 Å². The maximum Gasteiger partial charge on any atom is 0.251 e. The van der Waals surface area contributed by atoms with E-state index in [0.717, 1.165) is 69.7 Å². The van der Waals surface area contributed by atoms with E-state index in [1.807, 2.05) is 30.3 Å². The van der Waals surface area contributed by atoms with Crippen LogP contribution in [0.15, 0.2) is 47.7 Å². The number of anilines is 1. The van der Waals surface area contributed by atoms with Crippen LogP contribution in [0.5, 0.6) is 0 Å². The number of rotatable bonds is 8. The summed E-state index contributed by atoms with van der Waals surface area (Å²) in [5, 5.41) is 9.38. The molecule has 0 aliphatic carbocycles. The van der Waals surface area contributed by atoms with Crippen molar-refractivity contribution >= 4 is 17.8 Å². The molecule has 166 valence electrons. The van der Waals surface area contributed by atoms with Crippen molar-refractivity contribution in [1.82, 2.24) is 30.8 Å². The predicted molar refractivity (Wildman–Crippen MR) is 124 cm³/mol. The maximum atomic E-state index is 11.8. The first kappa shape index (κ1) is 22.5. The lowest BCUT2D eigenvalue weighted by atomic mass is 10.1. The lowest BCUT2D eigenvalue weighted by molar-refractivity contribution is 0.0963. The van der Waals surface area contributed by atoms with Gasteiger partial charge in [-0.2, -0.15) is 0 Å². The summed E-state index contributed by atoms with van der Waals surface area (Å²) in [6, 6.07) is 9.54. The Hall–Kier alpha value is -3.20. The van der Waals surface area contributed by atoms with E-state index in [9.17, 15) is 4.79 Å². The first-order valence-corrected chi connectivity index (χ1v) is 10.7. The van der Waals surface area contributed by atoms with Crippen molar-refractivity contribution < 1.29 is 4.79 Å². The van der Waals surface area contributed by atoms with Gasteiger partial charge < -0.3 is 20.9 Å². The standard InChI is InChI=1S/C22H32N8O/c1-23-20(31)19-6-3-5-18(17-19)7-10-25-21(24-2)26-11-12-29-13-15-30(16-14-29)22-27-8-4-9-28-22/h3-6,8-9,17H,7,10-16H2,1-2H3,(H,23,31)(H2,24,25,26). The van der Waals surface area contributed by atoms with Gasteiger partial charge in [0, 0.05) is 77.9 Å². The molecule has 31 heavy (non-hydrogen) atoms. The lowest BCUT2D eigenvalue weighted by Gasteiger charge is -2.34. The Morgan fingerprint density at radius 3 is 2.52 bits per heavy atom. The minimum atomic E-state index is -0.0654. The van der Waals surface area contributed by atoms with Crippen LogP contribution in [-0.2, 0) is 6.42 Å². The number of piperazine rings is 1. The molecule has 1 aromatic carbocycles. The van der Waals surface area contributed by atoms with E-state index in [1.54, 1.807) is 26.5 Å². The second-order valence-electron chi connectivity index (χ2n) is 7.33. The van der Waals surface area contributed by atoms with Gasteiger partial charge in [-0.05, 0) is 30.2 Å². The average molecular weight is 425 g/mol. The molecule has 0 spiro atoms. The van der Waals surface area contributed by atoms with Crippen molar-refractivity contribution in [3.8, 4) is 0 Å². The topological polar surface area (TPSA) is 97.8 Å². The molecule has 9 nitrogen and oxygen atoms in total. The minimum Gasteiger partial charge on any atom is -0.356 e. The molecule has 3 rings (SSSR count). The summed E-state index contributed by atoms with van der Waals surface area (Å²) in [7, 11) is 3.42. The van der Waals surface area contributed by atoms with E-state index < -0.39 is 0 Å². The number of hydrogen-bond acceptors (Lipinski definition) is 6. The van der Waals surface area contributed by atoms with E-state index in [0.29, 0.717) is 5.56 Å². The van der Waals surface area contributed by atoms with E-state index in [2.05, 4.69) is 40.7 Å². The molecular weight excluding hydrogens is 392 g/mol. The molecule has 1 fully saturated rings. The third-order valence-corrected chi connectivity index (χ3v) is 5.27. The Morgan fingerprint density at radius 2 is 1.81 bits per heavy atom. The number of carbonyl (C=O) groups excluding carboxylic acids is 1. The number of nitrogens with zero attached hydrogens (tertiary/aromatic N) is 5. The highest BCUT2D eigenvalue weighted by Crippen LogP contribution is 2.09. The molecule has 2 aromatic rings. The molecule has 0 saturated carbocycles. The van der Waals surface area contributed by atoms with Crippen LogP contribution in [-0.4, -0.2) is 86.6 Å². The molecule has 0 unspecified atom stereocenters. The highest BCUT2D eigenvalue weighted by Gasteiger charge is 2.18. The SMILES string of the molecule is CN=C(NCCc1cccc(C(=O)NC)c1)NCCN1CCN(c2ncccn2)CC1. The van der Waals surface area contributed by atoms with Crippen LogP contribution in [0.25, 0.3) is 0 Å². The van der Waals surface area contributed by atoms with Gasteiger partial charge in [0.05, 0.1) is 0 Å². The van der Waals surface area contributed by atoms with Crippen LogP contribution >= 0.6 is 0 Å². The molecule has 3 N–H and O–H groups in total. The van der Waals surface area contributed by atoms with Gasteiger partial charge in [0.2, 0.25) is 5.95 Å². The number of guanidine groups is 1. The Balaban J connectivity index is 1.33. The summed E-state index contributed by atoms with van der Waals surface area (Å²) < 4.78 is 0. The molecule has 9 heteroatoms. The van der Waals surface area contributed by atoms with Gasteiger partial charge in [0.15, 0.2) is 5.96 Å². The number of hydrogen-bond donors (Lipinski definition) is 3. The van der Waals surface area contributed by atoms with Gasteiger partial charge in [0.1, 0.15) is 0 Å². The van der Waals surface area contributed by atoms with Gasteiger partial charge in [0.25, 0.3) is 5.91 Å². The molecular formula is C22H32N8O. The third-order valence-electron chi connectivity index (χ3n) is 5.27. The second-order valence-corrected chi connectivity index (χ2v) is 7.33. The Labute approximate surface area is 184 Å². The summed E-state index contributed by atoms with van der Waals surface area (Å²) in [4.78, 5) is 29.4. The fraction of sp³-hybridized carbons (Fsp3) is 0.455. The van der Waals surface area contributed by atoms with Crippen LogP contribution < -0.4 is 20.9 Å². The minimum absolute atomic E-state index is 0.0654. The Kier molecular flexibility index (Phi) is 8.59. The van der Waals surface area contributed by atoms with Crippen molar-refractivity contribution in [3.05, 3.63) is 53.9 Å². The van der Waals surface area contributed by atoms with Crippen LogP contribution in [0, 0.1) is 0 Å². The zero-order chi connectivity index (χ0) is 21.9. The molecule has 0 bridgehead atoms. The van der Waals surface area contributed by atoms with E-state index in [4.69, 9.17) is 0 Å². The Morgan fingerprint density at radius 1 is 1.06 bits per heavy atom. The van der Waals surface area contributed by atoms with Crippen LogP contribution in [0.1, 0.15) is 15.9 Å². The normalized spacial score (nSPS) is 14.9. The molecule has 1 aliphatic rings.